The molecule has 1 amide bonds. The number of piperidine rings is 1. The average molecular weight is 319 g/mol. The highest BCUT2D eigenvalue weighted by Crippen LogP contribution is 2.50. The number of amides is 1. The molecule has 2 bridgehead atoms. The summed E-state index contributed by atoms with van der Waals surface area (Å²) < 4.78 is 16.5. The summed E-state index contributed by atoms with van der Waals surface area (Å²) in [5.41, 5.74) is 0.0631. The number of likely N-dealkylation sites (tertiary alicyclic amines) is 1. The quantitative estimate of drug-likeness (QED) is 0.629. The third-order valence-electron chi connectivity index (χ3n) is 4.79. The van der Waals surface area contributed by atoms with Crippen molar-refractivity contribution in [1.29, 1.82) is 0 Å². The van der Waals surface area contributed by atoms with E-state index in [2.05, 4.69) is 0 Å². The van der Waals surface area contributed by atoms with Gasteiger partial charge in [0, 0.05) is 24.9 Å². The number of carbonyl (C=O) groups excluding carboxylic acids is 2. The number of rotatable bonds is 3. The number of benzene rings is 1. The summed E-state index contributed by atoms with van der Waals surface area (Å²) >= 11 is 0. The van der Waals surface area contributed by atoms with Gasteiger partial charge in [-0.05, 0) is 32.0 Å². The van der Waals surface area contributed by atoms with E-state index < -0.39 is 17.6 Å². The number of ether oxygens (including phenoxy) is 3. The van der Waals surface area contributed by atoms with Gasteiger partial charge < -0.3 is 19.1 Å². The molecule has 0 radical (unpaired) electrons. The maximum atomic E-state index is 12.7. The van der Waals surface area contributed by atoms with Crippen LogP contribution < -0.4 is 9.47 Å². The second-order valence-corrected chi connectivity index (χ2v) is 6.12. The lowest BCUT2D eigenvalue weighted by atomic mass is 9.74. The maximum Gasteiger partial charge on any atom is 0.319 e. The Bertz CT molecular complexity index is 658. The molecule has 0 N–H and O–H groups in total. The Morgan fingerprint density at radius 1 is 1.48 bits per heavy atom. The van der Waals surface area contributed by atoms with E-state index in [1.165, 1.54) is 4.90 Å². The molecule has 1 aromatic carbocycles. The summed E-state index contributed by atoms with van der Waals surface area (Å²) in [6.45, 7) is 3.85. The molecule has 0 aromatic heterocycles. The van der Waals surface area contributed by atoms with Gasteiger partial charge in [0.15, 0.2) is 5.72 Å². The standard InChI is InChI=1S/C17H21NO5/c1-5-22-16(20)14-12-9-17(2,18(3)15(14)19)23-13-7-6-10(21-4)8-11(12)13/h6-8,12,14H,5,9H2,1-4H3/t12-,14-,17-/m1/s1. The van der Waals surface area contributed by atoms with Crippen LogP contribution in [0.1, 0.15) is 31.7 Å². The van der Waals surface area contributed by atoms with Gasteiger partial charge in [-0.3, -0.25) is 9.59 Å². The molecular weight excluding hydrogens is 298 g/mol. The molecule has 1 aromatic rings. The van der Waals surface area contributed by atoms with Crippen molar-refractivity contribution in [2.75, 3.05) is 20.8 Å². The summed E-state index contributed by atoms with van der Waals surface area (Å²) in [4.78, 5) is 26.6. The highest BCUT2D eigenvalue weighted by molar-refractivity contribution is 6.00. The van der Waals surface area contributed by atoms with Crippen LogP contribution >= 0.6 is 0 Å². The van der Waals surface area contributed by atoms with Gasteiger partial charge in [-0.15, -0.1) is 0 Å². The fourth-order valence-electron chi connectivity index (χ4n) is 3.45. The highest BCUT2D eigenvalue weighted by Gasteiger charge is 2.55. The molecular formula is C17H21NO5. The van der Waals surface area contributed by atoms with E-state index in [0.29, 0.717) is 17.9 Å². The van der Waals surface area contributed by atoms with Crippen molar-refractivity contribution in [1.82, 2.24) is 4.90 Å². The highest BCUT2D eigenvalue weighted by atomic mass is 16.5. The van der Waals surface area contributed by atoms with Crippen LogP contribution in [0.3, 0.4) is 0 Å². The molecule has 2 aliphatic rings. The minimum atomic E-state index is -0.845. The largest absolute Gasteiger partial charge is 0.497 e. The number of nitrogens with zero attached hydrogens (tertiary/aromatic N) is 1. The van der Waals surface area contributed by atoms with Crippen LogP contribution in [0.2, 0.25) is 0 Å². The lowest BCUT2D eigenvalue weighted by molar-refractivity contribution is -0.178. The van der Waals surface area contributed by atoms with E-state index in [1.807, 2.05) is 25.1 Å². The van der Waals surface area contributed by atoms with Crippen LogP contribution in [0.25, 0.3) is 0 Å². The van der Waals surface area contributed by atoms with Crippen molar-refractivity contribution in [3.63, 3.8) is 0 Å². The molecule has 2 heterocycles. The monoisotopic (exact) mass is 319 g/mol. The molecule has 2 aliphatic heterocycles. The summed E-state index contributed by atoms with van der Waals surface area (Å²) in [7, 11) is 3.25. The zero-order chi connectivity index (χ0) is 16.8. The SMILES string of the molecule is CCOC(=O)[C@H]1C(=O)N(C)[C@@]2(C)C[C@@H]1c1cc(OC)ccc1O2. The zero-order valence-corrected chi connectivity index (χ0v) is 13.8. The number of fused-ring (bicyclic) bond motifs is 4. The molecule has 124 valence electrons. The summed E-state index contributed by atoms with van der Waals surface area (Å²) in [6, 6.07) is 5.47. The second-order valence-electron chi connectivity index (χ2n) is 6.12. The Balaban J connectivity index is 2.10. The smallest absolute Gasteiger partial charge is 0.319 e. The van der Waals surface area contributed by atoms with Crippen molar-refractivity contribution >= 4 is 11.9 Å². The van der Waals surface area contributed by atoms with E-state index in [0.717, 1.165) is 5.56 Å². The predicted octanol–water partition coefficient (Wildman–Crippen LogP) is 1.93. The Morgan fingerprint density at radius 2 is 2.22 bits per heavy atom. The molecule has 3 atom stereocenters. The Labute approximate surface area is 135 Å². The molecule has 6 heteroatoms. The molecule has 0 aliphatic carbocycles. The topological polar surface area (TPSA) is 65.1 Å². The number of methoxy groups -OCH3 is 1. The zero-order valence-electron chi connectivity index (χ0n) is 13.8. The van der Waals surface area contributed by atoms with Crippen molar-refractivity contribution in [2.24, 2.45) is 5.92 Å². The van der Waals surface area contributed by atoms with Gasteiger partial charge in [0.05, 0.1) is 13.7 Å². The van der Waals surface area contributed by atoms with Gasteiger partial charge in [0.25, 0.3) is 0 Å². The molecule has 23 heavy (non-hydrogen) atoms. The molecule has 1 saturated heterocycles. The minimum Gasteiger partial charge on any atom is -0.497 e. The molecule has 0 unspecified atom stereocenters. The van der Waals surface area contributed by atoms with Crippen LogP contribution in [0.5, 0.6) is 11.5 Å². The number of hydrogen-bond donors (Lipinski definition) is 0. The molecule has 0 saturated carbocycles. The number of esters is 1. The minimum absolute atomic E-state index is 0.248. The number of hydrogen-bond acceptors (Lipinski definition) is 5. The van der Waals surface area contributed by atoms with Gasteiger partial charge in [-0.1, -0.05) is 0 Å². The van der Waals surface area contributed by atoms with Gasteiger partial charge in [-0.25, -0.2) is 0 Å². The van der Waals surface area contributed by atoms with Crippen molar-refractivity contribution in [3.8, 4) is 11.5 Å². The lowest BCUT2D eigenvalue weighted by Gasteiger charge is -2.51. The normalized spacial score (nSPS) is 28.7. The Kier molecular flexibility index (Phi) is 3.70. The van der Waals surface area contributed by atoms with E-state index in [1.54, 1.807) is 21.1 Å². The van der Waals surface area contributed by atoms with Gasteiger partial charge in [-0.2, -0.15) is 0 Å². The first-order valence-electron chi connectivity index (χ1n) is 7.72. The predicted molar refractivity (Wildman–Crippen MR) is 82.3 cm³/mol. The van der Waals surface area contributed by atoms with E-state index >= 15 is 0 Å². The number of carbonyl (C=O) groups is 2. The first-order chi connectivity index (χ1) is 10.9. The second kappa shape index (κ2) is 5.44. The first-order valence-corrected chi connectivity index (χ1v) is 7.72. The molecule has 1 fully saturated rings. The third-order valence-corrected chi connectivity index (χ3v) is 4.79. The molecule has 3 rings (SSSR count). The van der Waals surface area contributed by atoms with Crippen LogP contribution in [0.4, 0.5) is 0 Å². The van der Waals surface area contributed by atoms with Crippen molar-refractivity contribution in [2.45, 2.75) is 31.9 Å². The fraction of sp³-hybridized carbons (Fsp3) is 0.529. The first kappa shape index (κ1) is 15.6. The van der Waals surface area contributed by atoms with Crippen molar-refractivity contribution in [3.05, 3.63) is 23.8 Å². The summed E-state index contributed by atoms with van der Waals surface area (Å²) in [6.07, 6.45) is 0.541. The fourth-order valence-corrected chi connectivity index (χ4v) is 3.45. The van der Waals surface area contributed by atoms with Crippen LogP contribution in [0, 0.1) is 5.92 Å². The van der Waals surface area contributed by atoms with E-state index in [4.69, 9.17) is 14.2 Å². The molecule has 6 nitrogen and oxygen atoms in total. The van der Waals surface area contributed by atoms with Crippen LogP contribution in [0.15, 0.2) is 18.2 Å². The van der Waals surface area contributed by atoms with Crippen molar-refractivity contribution < 1.29 is 23.8 Å². The van der Waals surface area contributed by atoms with Crippen LogP contribution in [-0.2, 0) is 14.3 Å². The van der Waals surface area contributed by atoms with Gasteiger partial charge >= 0.3 is 5.97 Å². The summed E-state index contributed by atoms with van der Waals surface area (Å²) in [5, 5.41) is 0. The Hall–Kier alpha value is -2.24. The molecule has 0 spiro atoms. The van der Waals surface area contributed by atoms with Crippen LogP contribution in [-0.4, -0.2) is 43.3 Å². The maximum absolute atomic E-state index is 12.7. The average Bonchev–Trinajstić information content (AvgIpc) is 2.53. The van der Waals surface area contributed by atoms with E-state index in [-0.39, 0.29) is 18.4 Å². The Morgan fingerprint density at radius 3 is 2.87 bits per heavy atom. The summed E-state index contributed by atoms with van der Waals surface area (Å²) in [5.74, 6) is -0.518. The third kappa shape index (κ3) is 2.33. The van der Waals surface area contributed by atoms with E-state index in [9.17, 15) is 9.59 Å². The van der Waals surface area contributed by atoms with Gasteiger partial charge in [0.1, 0.15) is 17.4 Å². The van der Waals surface area contributed by atoms with Gasteiger partial charge in [0.2, 0.25) is 5.91 Å². The lowest BCUT2D eigenvalue weighted by Crippen LogP contribution is -2.62.